The Morgan fingerprint density at radius 2 is 1.74 bits per heavy atom. The van der Waals surface area contributed by atoms with E-state index in [1.807, 2.05) is 49.4 Å². The van der Waals surface area contributed by atoms with Crippen molar-refractivity contribution in [3.05, 3.63) is 77.3 Å². The molecule has 0 fully saturated rings. The molecule has 3 aromatic rings. The predicted molar refractivity (Wildman–Crippen MR) is 97.6 cm³/mol. The minimum atomic E-state index is -2.79. The van der Waals surface area contributed by atoms with Crippen LogP contribution in [0.2, 0.25) is 0 Å². The topological polar surface area (TPSA) is 94.2 Å². The van der Waals surface area contributed by atoms with E-state index in [2.05, 4.69) is 10.2 Å². The van der Waals surface area contributed by atoms with Crippen LogP contribution < -0.4 is 11.6 Å². The van der Waals surface area contributed by atoms with Gasteiger partial charge in [-0.1, -0.05) is 42.5 Å². The first-order valence-electron chi connectivity index (χ1n) is 8.20. The lowest BCUT2D eigenvalue weighted by atomic mass is 10.1. The number of nitrogens with two attached hydrogens (primary N) is 2. The fourth-order valence-electron chi connectivity index (χ4n) is 2.49. The maximum atomic E-state index is 12.5. The Bertz CT molecular complexity index is 923. The van der Waals surface area contributed by atoms with Crippen LogP contribution in [-0.2, 0) is 6.54 Å². The van der Waals surface area contributed by atoms with E-state index in [0.29, 0.717) is 17.8 Å². The third kappa shape index (κ3) is 4.29. The van der Waals surface area contributed by atoms with Gasteiger partial charge in [-0.25, -0.2) is 5.84 Å². The van der Waals surface area contributed by atoms with Crippen LogP contribution in [0.4, 0.5) is 8.78 Å². The van der Waals surface area contributed by atoms with Crippen molar-refractivity contribution in [1.29, 1.82) is 0 Å². The largest absolute Gasteiger partial charge is 0.415 e. The van der Waals surface area contributed by atoms with Gasteiger partial charge in [0.15, 0.2) is 0 Å². The van der Waals surface area contributed by atoms with Gasteiger partial charge in [-0.15, -0.1) is 10.2 Å². The van der Waals surface area contributed by atoms with Crippen LogP contribution >= 0.6 is 0 Å². The molecule has 0 aliphatic carbocycles. The number of hydrogen-bond acceptors (Lipinski definition) is 6. The number of allylic oxidation sites excluding steroid dienone is 1. The zero-order valence-corrected chi connectivity index (χ0v) is 14.6. The van der Waals surface area contributed by atoms with E-state index >= 15 is 0 Å². The summed E-state index contributed by atoms with van der Waals surface area (Å²) in [5.41, 5.74) is 9.89. The molecule has 0 unspecified atom stereocenters. The smallest absolute Gasteiger partial charge is 0.314 e. The Morgan fingerprint density at radius 1 is 1.07 bits per heavy atom. The molecule has 0 saturated heterocycles. The normalized spacial score (nSPS) is 12.2. The summed E-state index contributed by atoms with van der Waals surface area (Å²) in [4.78, 5) is 0. The predicted octanol–water partition coefficient (Wildman–Crippen LogP) is 3.70. The van der Waals surface area contributed by atoms with Gasteiger partial charge in [-0.05, 0) is 30.2 Å². The highest BCUT2D eigenvalue weighted by molar-refractivity contribution is 5.64. The second-order valence-electron chi connectivity index (χ2n) is 5.94. The maximum absolute atomic E-state index is 12.5. The van der Waals surface area contributed by atoms with Crippen molar-refractivity contribution in [3.63, 3.8) is 0 Å². The maximum Gasteiger partial charge on any atom is 0.314 e. The van der Waals surface area contributed by atoms with Crippen molar-refractivity contribution < 1.29 is 13.2 Å². The van der Waals surface area contributed by atoms with Gasteiger partial charge >= 0.3 is 6.43 Å². The number of aromatic nitrogens is 2. The van der Waals surface area contributed by atoms with E-state index in [1.54, 1.807) is 17.1 Å². The Kier molecular flexibility index (Phi) is 5.46. The van der Waals surface area contributed by atoms with Crippen molar-refractivity contribution in [1.82, 2.24) is 15.2 Å². The van der Waals surface area contributed by atoms with Gasteiger partial charge in [0.2, 0.25) is 5.89 Å². The van der Waals surface area contributed by atoms with Gasteiger partial charge in [0.25, 0.3) is 5.89 Å². The first-order valence-corrected chi connectivity index (χ1v) is 8.20. The van der Waals surface area contributed by atoms with Crippen molar-refractivity contribution in [2.75, 3.05) is 0 Å². The van der Waals surface area contributed by atoms with Gasteiger partial charge in [-0.3, -0.25) is 0 Å². The van der Waals surface area contributed by atoms with Crippen LogP contribution in [0.15, 0.2) is 64.7 Å². The molecule has 0 bridgehead atoms. The molecule has 0 amide bonds. The SMILES string of the molecule is C/C(=C(/N)c1ccccc1)N(N)Cc1ccc(-c2nnc(C(F)F)o2)cc1. The molecule has 1 aromatic heterocycles. The quantitative estimate of drug-likeness (QED) is 0.507. The van der Waals surface area contributed by atoms with Gasteiger partial charge in [-0.2, -0.15) is 8.78 Å². The zero-order chi connectivity index (χ0) is 19.4. The lowest BCUT2D eigenvalue weighted by Gasteiger charge is -2.21. The Hall–Kier alpha value is -3.26. The molecule has 6 nitrogen and oxygen atoms in total. The molecule has 0 spiro atoms. The van der Waals surface area contributed by atoms with Crippen LogP contribution in [0.25, 0.3) is 17.2 Å². The molecule has 1 heterocycles. The van der Waals surface area contributed by atoms with E-state index < -0.39 is 12.3 Å². The summed E-state index contributed by atoms with van der Waals surface area (Å²) in [7, 11) is 0. The number of hydrogen-bond donors (Lipinski definition) is 2. The number of alkyl halides is 2. The van der Waals surface area contributed by atoms with E-state index in [4.69, 9.17) is 16.0 Å². The van der Waals surface area contributed by atoms with Gasteiger partial charge in [0.1, 0.15) is 0 Å². The first-order chi connectivity index (χ1) is 13.0. The monoisotopic (exact) mass is 371 g/mol. The van der Waals surface area contributed by atoms with Crippen LogP contribution in [-0.4, -0.2) is 15.2 Å². The molecule has 3 rings (SSSR count). The number of hydrazine groups is 1. The summed E-state index contributed by atoms with van der Waals surface area (Å²) in [5.74, 6) is 5.50. The Morgan fingerprint density at radius 3 is 2.33 bits per heavy atom. The third-order valence-electron chi connectivity index (χ3n) is 4.09. The summed E-state index contributed by atoms with van der Waals surface area (Å²) in [6.07, 6.45) is -2.79. The van der Waals surface area contributed by atoms with Crippen molar-refractivity contribution in [3.8, 4) is 11.5 Å². The van der Waals surface area contributed by atoms with Crippen LogP contribution in [0.1, 0.15) is 30.4 Å². The second-order valence-corrected chi connectivity index (χ2v) is 5.94. The Labute approximate surface area is 155 Å². The molecule has 27 heavy (non-hydrogen) atoms. The van der Waals surface area contributed by atoms with E-state index in [1.165, 1.54) is 0 Å². The molecular formula is C19H19F2N5O. The Balaban J connectivity index is 1.72. The highest BCUT2D eigenvalue weighted by Gasteiger charge is 2.17. The van der Waals surface area contributed by atoms with Gasteiger partial charge < -0.3 is 15.2 Å². The minimum Gasteiger partial charge on any atom is -0.415 e. The minimum absolute atomic E-state index is 0.0471. The molecule has 0 aliphatic heterocycles. The lowest BCUT2D eigenvalue weighted by molar-refractivity contribution is 0.116. The van der Waals surface area contributed by atoms with Crippen LogP contribution in [0.5, 0.6) is 0 Å². The number of benzene rings is 2. The fraction of sp³-hybridized carbons (Fsp3) is 0.158. The zero-order valence-electron chi connectivity index (χ0n) is 14.6. The number of halogens is 2. The summed E-state index contributed by atoms with van der Waals surface area (Å²) in [5, 5.41) is 8.50. The summed E-state index contributed by atoms with van der Waals surface area (Å²) in [6, 6.07) is 16.6. The highest BCUT2D eigenvalue weighted by atomic mass is 19.3. The van der Waals surface area contributed by atoms with Crippen molar-refractivity contribution in [2.24, 2.45) is 11.6 Å². The van der Waals surface area contributed by atoms with E-state index in [9.17, 15) is 8.78 Å². The average molecular weight is 371 g/mol. The average Bonchev–Trinajstić information content (AvgIpc) is 3.18. The van der Waals surface area contributed by atoms with Gasteiger partial charge in [0.05, 0.1) is 12.2 Å². The molecule has 0 aliphatic rings. The lowest BCUT2D eigenvalue weighted by Crippen LogP contribution is -2.30. The number of rotatable bonds is 6. The first kappa shape index (κ1) is 18.5. The molecule has 0 atom stereocenters. The molecule has 0 radical (unpaired) electrons. The molecule has 0 saturated carbocycles. The number of nitrogens with zero attached hydrogens (tertiary/aromatic N) is 3. The fourth-order valence-corrected chi connectivity index (χ4v) is 2.49. The summed E-state index contributed by atoms with van der Waals surface area (Å²) in [6.45, 7) is 2.27. The molecule has 4 N–H and O–H groups in total. The molecule has 8 heteroatoms. The summed E-state index contributed by atoms with van der Waals surface area (Å²) < 4.78 is 30.0. The standard InChI is InChI=1S/C19H19F2N5O/c1-12(16(22)14-5-3-2-4-6-14)26(23)11-13-7-9-15(10-8-13)18-24-25-19(27-18)17(20)21/h2-10,17H,11,22-23H2,1H3/b16-12-. The third-order valence-corrected chi connectivity index (χ3v) is 4.09. The molecule has 140 valence electrons. The van der Waals surface area contributed by atoms with E-state index in [0.717, 1.165) is 16.8 Å². The van der Waals surface area contributed by atoms with Crippen molar-refractivity contribution >= 4 is 5.70 Å². The van der Waals surface area contributed by atoms with Crippen LogP contribution in [0.3, 0.4) is 0 Å². The molecular weight excluding hydrogens is 352 g/mol. The van der Waals surface area contributed by atoms with Crippen molar-refractivity contribution in [2.45, 2.75) is 19.9 Å². The second kappa shape index (κ2) is 7.96. The summed E-state index contributed by atoms with van der Waals surface area (Å²) >= 11 is 0. The van der Waals surface area contributed by atoms with Crippen LogP contribution in [0, 0.1) is 0 Å². The molecule has 2 aromatic carbocycles. The highest BCUT2D eigenvalue weighted by Crippen LogP contribution is 2.24. The van der Waals surface area contributed by atoms with Gasteiger partial charge in [0, 0.05) is 11.3 Å². The van der Waals surface area contributed by atoms with E-state index in [-0.39, 0.29) is 5.89 Å².